The van der Waals surface area contributed by atoms with Crippen LogP contribution in [0.25, 0.3) is 0 Å². The molecule has 0 aromatic carbocycles. The summed E-state index contributed by atoms with van der Waals surface area (Å²) < 4.78 is 0. The van der Waals surface area contributed by atoms with Crippen molar-refractivity contribution < 1.29 is 5.11 Å². The van der Waals surface area contributed by atoms with E-state index in [9.17, 15) is 5.11 Å². The van der Waals surface area contributed by atoms with Crippen molar-refractivity contribution in [2.45, 2.75) is 44.8 Å². The number of hydrogen-bond donors (Lipinski definition) is 1. The van der Waals surface area contributed by atoms with Gasteiger partial charge in [0.2, 0.25) is 0 Å². The minimum Gasteiger partial charge on any atom is -0.389 e. The van der Waals surface area contributed by atoms with Crippen molar-refractivity contribution in [1.82, 2.24) is 4.90 Å². The highest BCUT2D eigenvalue weighted by Gasteiger charge is 2.42. The lowest BCUT2D eigenvalue weighted by molar-refractivity contribution is -0.0353. The van der Waals surface area contributed by atoms with Crippen LogP contribution < -0.4 is 0 Å². The molecule has 1 aliphatic carbocycles. The lowest BCUT2D eigenvalue weighted by Crippen LogP contribution is -2.53. The summed E-state index contributed by atoms with van der Waals surface area (Å²) in [6, 6.07) is 0.704. The third kappa shape index (κ3) is 1.50. The normalized spacial score (nSPS) is 35.8. The molecule has 0 aromatic rings. The molecule has 0 amide bonds. The highest BCUT2D eigenvalue weighted by molar-refractivity contribution is 4.95. The Hall–Kier alpha value is -0.0800. The van der Waals surface area contributed by atoms with Crippen LogP contribution in [0.3, 0.4) is 0 Å². The van der Waals surface area contributed by atoms with Crippen molar-refractivity contribution in [3.8, 4) is 0 Å². The van der Waals surface area contributed by atoms with Gasteiger partial charge in [0.25, 0.3) is 0 Å². The number of aliphatic hydroxyl groups is 1. The van der Waals surface area contributed by atoms with Crippen LogP contribution in [0.4, 0.5) is 0 Å². The minimum absolute atomic E-state index is 0.408. The van der Waals surface area contributed by atoms with Gasteiger partial charge in [0.15, 0.2) is 0 Å². The molecule has 2 fully saturated rings. The van der Waals surface area contributed by atoms with Crippen LogP contribution in [0, 0.1) is 5.92 Å². The number of nitrogens with zero attached hydrogens (tertiary/aromatic N) is 1. The molecule has 1 N–H and O–H groups in total. The highest BCUT2D eigenvalue weighted by atomic mass is 16.3. The van der Waals surface area contributed by atoms with E-state index in [0.717, 1.165) is 6.54 Å². The molecule has 1 heterocycles. The van der Waals surface area contributed by atoms with Crippen molar-refractivity contribution in [3.05, 3.63) is 0 Å². The third-order valence-electron chi connectivity index (χ3n) is 3.44. The van der Waals surface area contributed by atoms with Crippen LogP contribution in [0.15, 0.2) is 0 Å². The molecule has 70 valence electrons. The highest BCUT2D eigenvalue weighted by Crippen LogP contribution is 2.40. The Balaban J connectivity index is 1.84. The first-order valence-electron chi connectivity index (χ1n) is 5.06. The van der Waals surface area contributed by atoms with Gasteiger partial charge in [-0.25, -0.2) is 0 Å². The SMILES string of the molecule is CC1CCN1CC(C)(O)C1CC1. The molecular weight excluding hydrogens is 150 g/mol. The van der Waals surface area contributed by atoms with E-state index >= 15 is 0 Å². The first kappa shape index (κ1) is 8.52. The zero-order valence-electron chi connectivity index (χ0n) is 8.08. The Morgan fingerprint density at radius 1 is 1.42 bits per heavy atom. The molecule has 2 rings (SSSR count). The molecule has 1 saturated carbocycles. The van der Waals surface area contributed by atoms with E-state index in [4.69, 9.17) is 0 Å². The topological polar surface area (TPSA) is 23.5 Å². The fourth-order valence-corrected chi connectivity index (χ4v) is 2.05. The number of rotatable bonds is 3. The predicted molar refractivity (Wildman–Crippen MR) is 49.0 cm³/mol. The summed E-state index contributed by atoms with van der Waals surface area (Å²) in [7, 11) is 0. The smallest absolute Gasteiger partial charge is 0.0774 e. The van der Waals surface area contributed by atoms with Gasteiger partial charge in [-0.2, -0.15) is 0 Å². The standard InChI is InChI=1S/C10H19NO/c1-8-5-6-11(8)7-10(2,12)9-3-4-9/h8-9,12H,3-7H2,1-2H3. The molecule has 0 aromatic heterocycles. The molecular formula is C10H19NO. The fraction of sp³-hybridized carbons (Fsp3) is 1.00. The zero-order valence-corrected chi connectivity index (χ0v) is 8.08. The first-order valence-corrected chi connectivity index (χ1v) is 5.06. The van der Waals surface area contributed by atoms with Gasteiger partial charge in [-0.15, -0.1) is 0 Å². The summed E-state index contributed by atoms with van der Waals surface area (Å²) in [5.41, 5.74) is -0.408. The Bertz CT molecular complexity index is 175. The molecule has 2 atom stereocenters. The van der Waals surface area contributed by atoms with E-state index in [1.54, 1.807) is 0 Å². The molecule has 0 bridgehead atoms. The fourth-order valence-electron chi connectivity index (χ4n) is 2.05. The van der Waals surface area contributed by atoms with Gasteiger partial charge >= 0.3 is 0 Å². The van der Waals surface area contributed by atoms with Gasteiger partial charge in [0.05, 0.1) is 5.60 Å². The Labute approximate surface area is 74.6 Å². The van der Waals surface area contributed by atoms with Gasteiger partial charge < -0.3 is 5.11 Å². The van der Waals surface area contributed by atoms with Crippen LogP contribution in [0.2, 0.25) is 0 Å². The monoisotopic (exact) mass is 169 g/mol. The van der Waals surface area contributed by atoms with Crippen LogP contribution in [-0.4, -0.2) is 34.7 Å². The summed E-state index contributed by atoms with van der Waals surface area (Å²) in [5, 5.41) is 10.1. The molecule has 1 aliphatic heterocycles. The quantitative estimate of drug-likeness (QED) is 0.687. The number of hydrogen-bond acceptors (Lipinski definition) is 2. The van der Waals surface area contributed by atoms with Crippen LogP contribution in [0.5, 0.6) is 0 Å². The van der Waals surface area contributed by atoms with Gasteiger partial charge in [-0.3, -0.25) is 4.90 Å². The van der Waals surface area contributed by atoms with Crippen LogP contribution in [0.1, 0.15) is 33.1 Å². The molecule has 2 nitrogen and oxygen atoms in total. The Morgan fingerprint density at radius 2 is 2.08 bits per heavy atom. The molecule has 2 unspecified atom stereocenters. The molecule has 12 heavy (non-hydrogen) atoms. The van der Waals surface area contributed by atoms with Gasteiger partial charge in [-0.05, 0) is 39.0 Å². The maximum atomic E-state index is 10.1. The van der Waals surface area contributed by atoms with E-state index in [1.165, 1.54) is 25.8 Å². The van der Waals surface area contributed by atoms with Crippen molar-refractivity contribution in [3.63, 3.8) is 0 Å². The zero-order chi connectivity index (χ0) is 8.77. The van der Waals surface area contributed by atoms with E-state index in [2.05, 4.69) is 11.8 Å². The largest absolute Gasteiger partial charge is 0.389 e. The summed E-state index contributed by atoms with van der Waals surface area (Å²) in [5.74, 6) is 0.588. The van der Waals surface area contributed by atoms with E-state index in [-0.39, 0.29) is 0 Å². The molecule has 2 heteroatoms. The van der Waals surface area contributed by atoms with E-state index < -0.39 is 5.60 Å². The summed E-state index contributed by atoms with van der Waals surface area (Å²) in [6.07, 6.45) is 3.77. The average molecular weight is 169 g/mol. The Kier molecular flexibility index (Phi) is 1.92. The third-order valence-corrected chi connectivity index (χ3v) is 3.44. The second-order valence-corrected chi connectivity index (χ2v) is 4.74. The minimum atomic E-state index is -0.408. The summed E-state index contributed by atoms with van der Waals surface area (Å²) in [4.78, 5) is 2.39. The lowest BCUT2D eigenvalue weighted by Gasteiger charge is -2.43. The molecule has 2 aliphatic rings. The van der Waals surface area contributed by atoms with Crippen molar-refractivity contribution in [2.75, 3.05) is 13.1 Å². The summed E-state index contributed by atoms with van der Waals surface area (Å²) in [6.45, 7) is 6.31. The predicted octanol–water partition coefficient (Wildman–Crippen LogP) is 1.24. The average Bonchev–Trinajstić information content (AvgIpc) is 2.79. The van der Waals surface area contributed by atoms with Crippen LogP contribution in [-0.2, 0) is 0 Å². The molecule has 0 spiro atoms. The summed E-state index contributed by atoms with van der Waals surface area (Å²) >= 11 is 0. The molecule has 0 radical (unpaired) electrons. The second kappa shape index (κ2) is 2.71. The second-order valence-electron chi connectivity index (χ2n) is 4.74. The van der Waals surface area contributed by atoms with E-state index in [0.29, 0.717) is 12.0 Å². The van der Waals surface area contributed by atoms with Crippen molar-refractivity contribution >= 4 is 0 Å². The molecule has 1 saturated heterocycles. The number of β-amino-alcohol motifs (C(OH)–C–C–N with tert-alkyl or cyclic N) is 1. The maximum absolute atomic E-state index is 10.1. The van der Waals surface area contributed by atoms with Gasteiger partial charge in [0, 0.05) is 19.1 Å². The van der Waals surface area contributed by atoms with E-state index in [1.807, 2.05) is 6.92 Å². The van der Waals surface area contributed by atoms with Gasteiger partial charge in [0.1, 0.15) is 0 Å². The lowest BCUT2D eigenvalue weighted by atomic mass is 9.95. The maximum Gasteiger partial charge on any atom is 0.0774 e. The Morgan fingerprint density at radius 3 is 2.42 bits per heavy atom. The van der Waals surface area contributed by atoms with Crippen molar-refractivity contribution in [1.29, 1.82) is 0 Å². The number of likely N-dealkylation sites (tertiary alicyclic amines) is 1. The first-order chi connectivity index (χ1) is 5.59. The van der Waals surface area contributed by atoms with Crippen LogP contribution >= 0.6 is 0 Å². The van der Waals surface area contributed by atoms with Crippen molar-refractivity contribution in [2.24, 2.45) is 5.92 Å². The van der Waals surface area contributed by atoms with Gasteiger partial charge in [-0.1, -0.05) is 0 Å².